The van der Waals surface area contributed by atoms with Gasteiger partial charge in [-0.05, 0) is 18.2 Å². The second kappa shape index (κ2) is 5.90. The van der Waals surface area contributed by atoms with Gasteiger partial charge in [0.25, 0.3) is 10.1 Å². The Morgan fingerprint density at radius 1 is 1.43 bits per heavy atom. The van der Waals surface area contributed by atoms with Crippen molar-refractivity contribution in [3.63, 3.8) is 0 Å². The number of benzene rings is 1. The Hall–Kier alpha value is -1.80. The normalized spacial score (nSPS) is 18.7. The van der Waals surface area contributed by atoms with E-state index in [1.54, 1.807) is 6.07 Å². The number of ether oxygens (including phenoxy) is 1. The molecular formula is C13H18N2O5S. The largest absolute Gasteiger partial charge is 0.441 e. The topological polar surface area (TPSA) is 76.2 Å². The highest BCUT2D eigenvalue weighted by Gasteiger charge is 2.33. The van der Waals surface area contributed by atoms with Gasteiger partial charge in [-0.3, -0.25) is 9.08 Å². The fraction of sp³-hybridized carbons (Fsp3) is 0.462. The van der Waals surface area contributed by atoms with Crippen molar-refractivity contribution in [2.24, 2.45) is 0 Å². The highest BCUT2D eigenvalue weighted by atomic mass is 32.2. The van der Waals surface area contributed by atoms with Gasteiger partial charge < -0.3 is 9.64 Å². The van der Waals surface area contributed by atoms with Crippen LogP contribution >= 0.6 is 0 Å². The number of rotatable bonds is 5. The molecule has 1 aliphatic heterocycles. The van der Waals surface area contributed by atoms with Gasteiger partial charge in [-0.1, -0.05) is 6.07 Å². The van der Waals surface area contributed by atoms with Crippen molar-refractivity contribution < 1.29 is 22.1 Å². The van der Waals surface area contributed by atoms with Gasteiger partial charge in [0.05, 0.1) is 12.8 Å². The van der Waals surface area contributed by atoms with Crippen LogP contribution in [0.15, 0.2) is 24.3 Å². The summed E-state index contributed by atoms with van der Waals surface area (Å²) in [6, 6.07) is 7.43. The summed E-state index contributed by atoms with van der Waals surface area (Å²) in [5, 5.41) is 0. The number of cyclic esters (lactones) is 1. The minimum absolute atomic E-state index is 0.172. The van der Waals surface area contributed by atoms with Crippen LogP contribution < -0.4 is 9.80 Å². The first kappa shape index (κ1) is 15.6. The first-order chi connectivity index (χ1) is 9.76. The van der Waals surface area contributed by atoms with Crippen molar-refractivity contribution in [1.29, 1.82) is 0 Å². The molecule has 1 saturated heterocycles. The fourth-order valence-electron chi connectivity index (χ4n) is 1.96. The van der Waals surface area contributed by atoms with Crippen molar-refractivity contribution in [3.05, 3.63) is 24.3 Å². The Morgan fingerprint density at radius 2 is 2.14 bits per heavy atom. The first-order valence-electron chi connectivity index (χ1n) is 6.36. The average molecular weight is 314 g/mol. The maximum absolute atomic E-state index is 11.9. The maximum atomic E-state index is 11.9. The van der Waals surface area contributed by atoms with Gasteiger partial charge in [-0.25, -0.2) is 4.79 Å². The van der Waals surface area contributed by atoms with E-state index < -0.39 is 22.3 Å². The van der Waals surface area contributed by atoms with Crippen LogP contribution in [0.4, 0.5) is 16.2 Å². The van der Waals surface area contributed by atoms with E-state index in [2.05, 4.69) is 4.18 Å². The summed E-state index contributed by atoms with van der Waals surface area (Å²) in [5.74, 6) is 0. The van der Waals surface area contributed by atoms with Crippen LogP contribution in [-0.4, -0.2) is 54.1 Å². The number of hydrogen-bond donors (Lipinski definition) is 0. The lowest BCUT2D eigenvalue weighted by molar-refractivity contribution is 0.107. The van der Waals surface area contributed by atoms with Crippen LogP contribution in [0, 0.1) is 0 Å². The predicted molar refractivity (Wildman–Crippen MR) is 79.2 cm³/mol. The van der Waals surface area contributed by atoms with Crippen LogP contribution in [-0.2, 0) is 19.0 Å². The maximum Gasteiger partial charge on any atom is 0.414 e. The minimum Gasteiger partial charge on any atom is -0.441 e. The monoisotopic (exact) mass is 314 g/mol. The molecule has 116 valence electrons. The molecule has 0 N–H and O–H groups in total. The Balaban J connectivity index is 2.08. The molecule has 1 fully saturated rings. The highest BCUT2D eigenvalue weighted by molar-refractivity contribution is 7.85. The second-order valence-corrected chi connectivity index (χ2v) is 6.66. The molecule has 1 amide bonds. The van der Waals surface area contributed by atoms with Gasteiger partial charge >= 0.3 is 6.09 Å². The number of amides is 1. The molecule has 7 nitrogen and oxygen atoms in total. The van der Waals surface area contributed by atoms with E-state index in [1.165, 1.54) is 4.90 Å². The molecule has 1 heterocycles. The first-order valence-corrected chi connectivity index (χ1v) is 8.18. The van der Waals surface area contributed by atoms with Gasteiger partial charge in [-0.15, -0.1) is 0 Å². The van der Waals surface area contributed by atoms with Gasteiger partial charge in [0, 0.05) is 25.5 Å². The third kappa shape index (κ3) is 4.08. The van der Waals surface area contributed by atoms with E-state index in [0.717, 1.165) is 11.9 Å². The number of hydrogen-bond acceptors (Lipinski definition) is 6. The number of anilines is 2. The molecule has 0 saturated carbocycles. The fourth-order valence-corrected chi connectivity index (χ4v) is 2.36. The van der Waals surface area contributed by atoms with Crippen molar-refractivity contribution in [2.45, 2.75) is 6.10 Å². The Labute approximate surface area is 124 Å². The quantitative estimate of drug-likeness (QED) is 0.756. The van der Waals surface area contributed by atoms with Gasteiger partial charge in [0.15, 0.2) is 0 Å². The molecule has 0 bridgehead atoms. The van der Waals surface area contributed by atoms with E-state index in [1.807, 2.05) is 37.2 Å². The smallest absolute Gasteiger partial charge is 0.414 e. The van der Waals surface area contributed by atoms with E-state index in [9.17, 15) is 13.2 Å². The summed E-state index contributed by atoms with van der Waals surface area (Å²) in [4.78, 5) is 15.3. The van der Waals surface area contributed by atoms with Crippen LogP contribution in [0.5, 0.6) is 0 Å². The molecule has 21 heavy (non-hydrogen) atoms. The minimum atomic E-state index is -3.55. The molecule has 1 aliphatic rings. The molecule has 0 aliphatic carbocycles. The van der Waals surface area contributed by atoms with Crippen molar-refractivity contribution in [3.8, 4) is 0 Å². The number of carbonyl (C=O) groups is 1. The zero-order valence-corrected chi connectivity index (χ0v) is 13.0. The van der Waals surface area contributed by atoms with E-state index in [0.29, 0.717) is 5.69 Å². The van der Waals surface area contributed by atoms with Gasteiger partial charge in [0.1, 0.15) is 12.7 Å². The molecular weight excluding hydrogens is 296 g/mol. The SMILES string of the molecule is CN(C)c1cccc(N2CC(COS(C)(=O)=O)OC2=O)c1. The molecule has 1 aromatic carbocycles. The summed E-state index contributed by atoms with van der Waals surface area (Å²) >= 11 is 0. The molecule has 2 rings (SSSR count). The van der Waals surface area contributed by atoms with Crippen molar-refractivity contribution in [1.82, 2.24) is 0 Å². The molecule has 0 radical (unpaired) electrons. The number of carbonyl (C=O) groups excluding carboxylic acids is 1. The molecule has 0 aromatic heterocycles. The van der Waals surface area contributed by atoms with Crippen LogP contribution in [0.1, 0.15) is 0 Å². The van der Waals surface area contributed by atoms with Gasteiger partial charge in [0.2, 0.25) is 0 Å². The lowest BCUT2D eigenvalue weighted by Gasteiger charge is -2.17. The third-order valence-corrected chi connectivity index (χ3v) is 3.56. The van der Waals surface area contributed by atoms with E-state index in [4.69, 9.17) is 4.74 Å². The Morgan fingerprint density at radius 3 is 2.76 bits per heavy atom. The van der Waals surface area contributed by atoms with E-state index in [-0.39, 0.29) is 13.2 Å². The molecule has 0 spiro atoms. The van der Waals surface area contributed by atoms with Crippen LogP contribution in [0.25, 0.3) is 0 Å². The molecule has 8 heteroatoms. The van der Waals surface area contributed by atoms with Gasteiger partial charge in [-0.2, -0.15) is 8.42 Å². The van der Waals surface area contributed by atoms with Crippen molar-refractivity contribution in [2.75, 3.05) is 43.3 Å². The lowest BCUT2D eigenvalue weighted by Crippen LogP contribution is -2.26. The zero-order chi connectivity index (χ0) is 15.6. The Bertz CT molecular complexity index is 629. The Kier molecular flexibility index (Phi) is 4.38. The third-order valence-electron chi connectivity index (χ3n) is 3.00. The zero-order valence-electron chi connectivity index (χ0n) is 12.1. The number of nitrogens with zero attached hydrogens (tertiary/aromatic N) is 2. The van der Waals surface area contributed by atoms with Crippen LogP contribution in [0.3, 0.4) is 0 Å². The predicted octanol–water partition coefficient (Wildman–Crippen LogP) is 1.05. The summed E-state index contributed by atoms with van der Waals surface area (Å²) < 4.78 is 31.7. The summed E-state index contributed by atoms with van der Waals surface area (Å²) in [5.41, 5.74) is 1.66. The summed E-state index contributed by atoms with van der Waals surface area (Å²) in [7, 11) is 0.268. The summed E-state index contributed by atoms with van der Waals surface area (Å²) in [6.45, 7) is 0.0830. The summed E-state index contributed by atoms with van der Waals surface area (Å²) in [6.07, 6.45) is -0.148. The average Bonchev–Trinajstić information content (AvgIpc) is 2.77. The van der Waals surface area contributed by atoms with Crippen molar-refractivity contribution >= 4 is 27.6 Å². The van der Waals surface area contributed by atoms with E-state index >= 15 is 0 Å². The molecule has 1 unspecified atom stereocenters. The second-order valence-electron chi connectivity index (χ2n) is 5.02. The molecule has 1 atom stereocenters. The highest BCUT2D eigenvalue weighted by Crippen LogP contribution is 2.25. The van der Waals surface area contributed by atoms with Crippen LogP contribution in [0.2, 0.25) is 0 Å². The molecule has 1 aromatic rings. The lowest BCUT2D eigenvalue weighted by atomic mass is 10.2. The standard InChI is InChI=1S/C13H18N2O5S/c1-14(2)10-5-4-6-11(7-10)15-8-12(20-13(15)16)9-19-21(3,17)18/h4-7,12H,8-9H2,1-3H3.